The molecule has 3 aromatic rings. The van der Waals surface area contributed by atoms with Crippen LogP contribution in [0.25, 0.3) is 11.3 Å². The number of amides is 1. The summed E-state index contributed by atoms with van der Waals surface area (Å²) in [6.07, 6.45) is 1.20. The van der Waals surface area contributed by atoms with Crippen molar-refractivity contribution in [2.45, 2.75) is 11.3 Å². The van der Waals surface area contributed by atoms with E-state index in [1.165, 1.54) is 35.6 Å². The van der Waals surface area contributed by atoms with E-state index in [4.69, 9.17) is 0 Å². The first kappa shape index (κ1) is 19.6. The number of nitro groups is 1. The van der Waals surface area contributed by atoms with Crippen LogP contribution in [0.5, 0.6) is 0 Å². The first-order chi connectivity index (χ1) is 13.2. The molecule has 2 aromatic carbocycles. The molecule has 28 heavy (non-hydrogen) atoms. The molecule has 8 nitrogen and oxygen atoms in total. The van der Waals surface area contributed by atoms with Crippen LogP contribution in [0.4, 0.5) is 10.8 Å². The van der Waals surface area contributed by atoms with Crippen LogP contribution in [-0.4, -0.2) is 30.5 Å². The summed E-state index contributed by atoms with van der Waals surface area (Å²) in [6, 6.07) is 12.1. The zero-order valence-corrected chi connectivity index (χ0v) is 16.3. The standard InChI is InChI=1S/C18H15N3O5S2/c1-28(25,26)15-8-2-12(3-9-15)10-17(22)20-18-19-16(11-27-18)13-4-6-14(7-5-13)21(23)24/h2-9,11H,10H2,1H3,(H,19,20,22). The smallest absolute Gasteiger partial charge is 0.269 e. The number of hydrogen-bond acceptors (Lipinski definition) is 7. The average Bonchev–Trinajstić information content (AvgIpc) is 3.09. The molecule has 3 rings (SSSR count). The van der Waals surface area contributed by atoms with Crippen molar-refractivity contribution in [2.24, 2.45) is 0 Å². The summed E-state index contributed by atoms with van der Waals surface area (Å²) in [5.41, 5.74) is 1.98. The summed E-state index contributed by atoms with van der Waals surface area (Å²) >= 11 is 1.24. The molecule has 0 bridgehead atoms. The number of thiazole rings is 1. The molecule has 10 heteroatoms. The van der Waals surface area contributed by atoms with Crippen LogP contribution in [0.2, 0.25) is 0 Å². The van der Waals surface area contributed by atoms with Gasteiger partial charge in [0.25, 0.3) is 5.69 Å². The lowest BCUT2D eigenvalue weighted by molar-refractivity contribution is -0.384. The van der Waals surface area contributed by atoms with Gasteiger partial charge in [-0.15, -0.1) is 11.3 Å². The Labute approximate surface area is 164 Å². The minimum absolute atomic E-state index is 0.00519. The third-order valence-electron chi connectivity index (χ3n) is 3.84. The van der Waals surface area contributed by atoms with Crippen molar-refractivity contribution >= 4 is 37.9 Å². The van der Waals surface area contributed by atoms with Crippen molar-refractivity contribution in [1.29, 1.82) is 0 Å². The molecular weight excluding hydrogens is 402 g/mol. The molecule has 0 aliphatic rings. The lowest BCUT2D eigenvalue weighted by atomic mass is 10.1. The van der Waals surface area contributed by atoms with E-state index >= 15 is 0 Å². The molecule has 0 unspecified atom stereocenters. The fourth-order valence-corrected chi connectivity index (χ4v) is 3.79. The lowest BCUT2D eigenvalue weighted by Gasteiger charge is -2.03. The summed E-state index contributed by atoms with van der Waals surface area (Å²) < 4.78 is 22.9. The summed E-state index contributed by atoms with van der Waals surface area (Å²) in [4.78, 5) is 26.9. The van der Waals surface area contributed by atoms with Gasteiger partial charge in [0.15, 0.2) is 15.0 Å². The molecular formula is C18H15N3O5S2. The summed E-state index contributed by atoms with van der Waals surface area (Å²) in [5, 5.41) is 15.6. The molecule has 0 radical (unpaired) electrons. The number of benzene rings is 2. The maximum Gasteiger partial charge on any atom is 0.269 e. The number of nitro benzene ring substituents is 1. The van der Waals surface area contributed by atoms with Gasteiger partial charge in [-0.2, -0.15) is 0 Å². The Hall–Kier alpha value is -3.11. The third kappa shape index (κ3) is 4.78. The molecule has 0 spiro atoms. The fraction of sp³-hybridized carbons (Fsp3) is 0.111. The highest BCUT2D eigenvalue weighted by atomic mass is 32.2. The van der Waals surface area contributed by atoms with E-state index in [2.05, 4.69) is 10.3 Å². The van der Waals surface area contributed by atoms with Gasteiger partial charge in [-0.3, -0.25) is 14.9 Å². The molecule has 0 aliphatic carbocycles. The number of carbonyl (C=O) groups is 1. The first-order valence-electron chi connectivity index (χ1n) is 8.01. The predicted octanol–water partition coefficient (Wildman–Crippen LogP) is 3.30. The second-order valence-electron chi connectivity index (χ2n) is 5.98. The topological polar surface area (TPSA) is 119 Å². The van der Waals surface area contributed by atoms with Gasteiger partial charge >= 0.3 is 0 Å². The summed E-state index contributed by atoms with van der Waals surface area (Å²) in [6.45, 7) is 0. The number of hydrogen-bond donors (Lipinski definition) is 1. The highest BCUT2D eigenvalue weighted by molar-refractivity contribution is 7.90. The predicted molar refractivity (Wildman–Crippen MR) is 106 cm³/mol. The van der Waals surface area contributed by atoms with Gasteiger partial charge in [0.05, 0.1) is 21.9 Å². The van der Waals surface area contributed by atoms with Crippen molar-refractivity contribution in [2.75, 3.05) is 11.6 Å². The lowest BCUT2D eigenvalue weighted by Crippen LogP contribution is -2.14. The van der Waals surface area contributed by atoms with Gasteiger partial charge in [0, 0.05) is 29.3 Å². The molecule has 144 valence electrons. The maximum atomic E-state index is 12.2. The number of aromatic nitrogens is 1. The Bertz CT molecular complexity index is 1120. The largest absolute Gasteiger partial charge is 0.302 e. The monoisotopic (exact) mass is 417 g/mol. The second-order valence-corrected chi connectivity index (χ2v) is 8.86. The number of nitrogens with zero attached hydrogens (tertiary/aromatic N) is 2. The van der Waals surface area contributed by atoms with Crippen molar-refractivity contribution in [1.82, 2.24) is 4.98 Å². The van der Waals surface area contributed by atoms with Gasteiger partial charge in [0.2, 0.25) is 5.91 Å². The Kier molecular flexibility index (Phi) is 5.52. The molecule has 0 saturated carbocycles. The van der Waals surface area contributed by atoms with Gasteiger partial charge in [-0.05, 0) is 29.8 Å². The van der Waals surface area contributed by atoms with Crippen LogP contribution in [0.1, 0.15) is 5.56 Å². The minimum atomic E-state index is -3.27. The van der Waals surface area contributed by atoms with E-state index in [1.54, 1.807) is 29.6 Å². The minimum Gasteiger partial charge on any atom is -0.302 e. The van der Waals surface area contributed by atoms with E-state index in [1.807, 2.05) is 0 Å². The molecule has 1 N–H and O–H groups in total. The maximum absolute atomic E-state index is 12.2. The number of nitrogens with one attached hydrogen (secondary N) is 1. The Morgan fingerprint density at radius 1 is 1.14 bits per heavy atom. The molecule has 0 saturated heterocycles. The molecule has 1 heterocycles. The van der Waals surface area contributed by atoms with Crippen LogP contribution in [-0.2, 0) is 21.1 Å². The van der Waals surface area contributed by atoms with E-state index in [0.717, 1.165) is 6.26 Å². The molecule has 1 amide bonds. The van der Waals surface area contributed by atoms with Crippen molar-refractivity contribution in [3.05, 3.63) is 69.6 Å². The van der Waals surface area contributed by atoms with E-state index in [-0.39, 0.29) is 22.9 Å². The zero-order valence-electron chi connectivity index (χ0n) is 14.7. The average molecular weight is 417 g/mol. The van der Waals surface area contributed by atoms with Crippen LogP contribution < -0.4 is 5.32 Å². The van der Waals surface area contributed by atoms with Crippen LogP contribution in [0.15, 0.2) is 58.8 Å². The van der Waals surface area contributed by atoms with Gasteiger partial charge in [0.1, 0.15) is 0 Å². The van der Waals surface area contributed by atoms with E-state index in [0.29, 0.717) is 22.0 Å². The molecule has 0 fully saturated rings. The number of rotatable bonds is 6. The number of carbonyl (C=O) groups excluding carboxylic acids is 1. The Balaban J connectivity index is 1.64. The van der Waals surface area contributed by atoms with Crippen LogP contribution in [0, 0.1) is 10.1 Å². The summed E-state index contributed by atoms with van der Waals surface area (Å²) in [7, 11) is -3.27. The highest BCUT2D eigenvalue weighted by Crippen LogP contribution is 2.26. The van der Waals surface area contributed by atoms with Crippen molar-refractivity contribution < 1.29 is 18.1 Å². The molecule has 0 atom stereocenters. The van der Waals surface area contributed by atoms with Gasteiger partial charge in [-0.1, -0.05) is 12.1 Å². The zero-order chi connectivity index (χ0) is 20.3. The normalized spacial score (nSPS) is 11.2. The van der Waals surface area contributed by atoms with E-state index in [9.17, 15) is 23.3 Å². The summed E-state index contributed by atoms with van der Waals surface area (Å²) in [5.74, 6) is -0.281. The Morgan fingerprint density at radius 2 is 1.79 bits per heavy atom. The molecule has 0 aliphatic heterocycles. The van der Waals surface area contributed by atoms with Gasteiger partial charge < -0.3 is 5.32 Å². The third-order valence-corrected chi connectivity index (χ3v) is 5.73. The van der Waals surface area contributed by atoms with Crippen molar-refractivity contribution in [3.63, 3.8) is 0 Å². The molecule has 1 aromatic heterocycles. The highest BCUT2D eigenvalue weighted by Gasteiger charge is 2.12. The number of anilines is 1. The van der Waals surface area contributed by atoms with Crippen molar-refractivity contribution in [3.8, 4) is 11.3 Å². The second kappa shape index (κ2) is 7.87. The SMILES string of the molecule is CS(=O)(=O)c1ccc(CC(=O)Nc2nc(-c3ccc([N+](=O)[O-])cc3)cs2)cc1. The number of sulfone groups is 1. The first-order valence-corrected chi connectivity index (χ1v) is 10.8. The van der Waals surface area contributed by atoms with Crippen LogP contribution in [0.3, 0.4) is 0 Å². The van der Waals surface area contributed by atoms with Crippen LogP contribution >= 0.6 is 11.3 Å². The quantitative estimate of drug-likeness (QED) is 0.485. The van der Waals surface area contributed by atoms with E-state index < -0.39 is 14.8 Å². The number of non-ortho nitro benzene ring substituents is 1. The van der Waals surface area contributed by atoms with Gasteiger partial charge in [-0.25, -0.2) is 13.4 Å². The Morgan fingerprint density at radius 3 is 2.36 bits per heavy atom. The fourth-order valence-electron chi connectivity index (χ4n) is 2.42.